The molecule has 1 aromatic carbocycles. The molecule has 2 N–H and O–H groups in total. The van der Waals surface area contributed by atoms with Crippen LogP contribution in [-0.4, -0.2) is 4.98 Å². The van der Waals surface area contributed by atoms with Crippen molar-refractivity contribution in [2.24, 2.45) is 5.73 Å². The molecule has 3 heteroatoms. The fourth-order valence-electron chi connectivity index (χ4n) is 1.63. The molecule has 0 fully saturated rings. The van der Waals surface area contributed by atoms with Crippen molar-refractivity contribution >= 4 is 11.8 Å². The lowest BCUT2D eigenvalue weighted by Gasteiger charge is -2.05. The van der Waals surface area contributed by atoms with E-state index in [9.17, 15) is 0 Å². The zero-order valence-corrected chi connectivity index (χ0v) is 10.7. The molecule has 0 radical (unpaired) electrons. The van der Waals surface area contributed by atoms with Crippen LogP contribution in [0.5, 0.6) is 0 Å². The van der Waals surface area contributed by atoms with Crippen molar-refractivity contribution in [1.82, 2.24) is 4.98 Å². The molecule has 0 amide bonds. The minimum absolute atomic E-state index is 0.572. The van der Waals surface area contributed by atoms with Crippen LogP contribution < -0.4 is 5.73 Å². The molecular weight excluding hydrogens is 228 g/mol. The molecule has 0 aliphatic heterocycles. The second-order valence-electron chi connectivity index (χ2n) is 3.93. The number of thioether (sulfide) groups is 1. The molecule has 0 aliphatic carbocycles. The Morgan fingerprint density at radius 1 is 1.12 bits per heavy atom. The van der Waals surface area contributed by atoms with E-state index in [-0.39, 0.29) is 0 Å². The molecule has 17 heavy (non-hydrogen) atoms. The number of aryl methyl sites for hydroxylation is 1. The first-order chi connectivity index (χ1) is 8.28. The van der Waals surface area contributed by atoms with Crippen molar-refractivity contribution in [3.63, 3.8) is 0 Å². The maximum Gasteiger partial charge on any atom is 0.0969 e. The fourth-order valence-corrected chi connectivity index (χ4v) is 2.58. The van der Waals surface area contributed by atoms with Crippen LogP contribution in [0.4, 0.5) is 0 Å². The normalized spacial score (nSPS) is 10.5. The molecule has 0 spiro atoms. The van der Waals surface area contributed by atoms with Crippen LogP contribution in [0.2, 0.25) is 0 Å². The van der Waals surface area contributed by atoms with E-state index in [1.807, 2.05) is 19.1 Å². The van der Waals surface area contributed by atoms with Gasteiger partial charge in [-0.3, -0.25) is 0 Å². The summed E-state index contributed by atoms with van der Waals surface area (Å²) in [5, 5.41) is 1.05. The van der Waals surface area contributed by atoms with Crippen molar-refractivity contribution in [3.05, 3.63) is 59.3 Å². The lowest BCUT2D eigenvalue weighted by atomic mass is 10.2. The van der Waals surface area contributed by atoms with Gasteiger partial charge < -0.3 is 5.73 Å². The largest absolute Gasteiger partial charge is 0.326 e. The van der Waals surface area contributed by atoms with Gasteiger partial charge >= 0.3 is 0 Å². The van der Waals surface area contributed by atoms with Gasteiger partial charge in [-0.2, -0.15) is 0 Å². The minimum atomic E-state index is 0.572. The predicted molar refractivity (Wildman–Crippen MR) is 72.9 cm³/mol. The van der Waals surface area contributed by atoms with Gasteiger partial charge in [-0.1, -0.05) is 30.3 Å². The number of nitrogens with zero attached hydrogens (tertiary/aromatic N) is 1. The second-order valence-corrected chi connectivity index (χ2v) is 4.93. The van der Waals surface area contributed by atoms with Crippen LogP contribution in [0.1, 0.15) is 16.8 Å². The summed E-state index contributed by atoms with van der Waals surface area (Å²) in [5.74, 6) is 0.946. The Morgan fingerprint density at radius 3 is 2.59 bits per heavy atom. The Kier molecular flexibility index (Phi) is 4.18. The van der Waals surface area contributed by atoms with Crippen LogP contribution >= 0.6 is 11.8 Å². The molecule has 2 aromatic rings. The van der Waals surface area contributed by atoms with Crippen molar-refractivity contribution in [3.8, 4) is 0 Å². The molecule has 1 heterocycles. The van der Waals surface area contributed by atoms with E-state index < -0.39 is 0 Å². The summed E-state index contributed by atoms with van der Waals surface area (Å²) in [5.41, 5.74) is 9.15. The Labute approximate surface area is 106 Å². The van der Waals surface area contributed by atoms with Crippen molar-refractivity contribution in [1.29, 1.82) is 0 Å². The first-order valence-electron chi connectivity index (χ1n) is 5.62. The molecule has 88 valence electrons. The number of pyridine rings is 1. The Balaban J connectivity index is 2.06. The van der Waals surface area contributed by atoms with Crippen LogP contribution in [0.25, 0.3) is 0 Å². The highest BCUT2D eigenvalue weighted by molar-refractivity contribution is 7.98. The molecule has 2 nitrogen and oxygen atoms in total. The highest BCUT2D eigenvalue weighted by atomic mass is 32.2. The SMILES string of the molecule is Cc1cc(CN)cc(SCc2ccccc2)n1. The van der Waals surface area contributed by atoms with Gasteiger partial charge in [0.05, 0.1) is 5.03 Å². The highest BCUT2D eigenvalue weighted by Gasteiger charge is 2.01. The van der Waals surface area contributed by atoms with Gasteiger partial charge in [0.1, 0.15) is 0 Å². The highest BCUT2D eigenvalue weighted by Crippen LogP contribution is 2.22. The zero-order chi connectivity index (χ0) is 12.1. The molecule has 0 bridgehead atoms. The Morgan fingerprint density at radius 2 is 1.88 bits per heavy atom. The number of hydrogen-bond acceptors (Lipinski definition) is 3. The lowest BCUT2D eigenvalue weighted by Crippen LogP contribution is -1.98. The average Bonchev–Trinajstić information content (AvgIpc) is 2.37. The number of nitrogens with two attached hydrogens (primary N) is 1. The smallest absolute Gasteiger partial charge is 0.0969 e. The molecule has 0 saturated carbocycles. The monoisotopic (exact) mass is 244 g/mol. The van der Waals surface area contributed by atoms with E-state index in [4.69, 9.17) is 5.73 Å². The standard InChI is InChI=1S/C14H16N2S/c1-11-7-13(9-15)8-14(16-11)17-10-12-5-3-2-4-6-12/h2-8H,9-10,15H2,1H3. The van der Waals surface area contributed by atoms with Gasteiger partial charge in [0.2, 0.25) is 0 Å². The minimum Gasteiger partial charge on any atom is -0.326 e. The lowest BCUT2D eigenvalue weighted by molar-refractivity contribution is 0.986. The molecule has 0 atom stereocenters. The number of aromatic nitrogens is 1. The third kappa shape index (κ3) is 3.58. The van der Waals surface area contributed by atoms with Crippen LogP contribution in [-0.2, 0) is 12.3 Å². The van der Waals surface area contributed by atoms with E-state index in [0.717, 1.165) is 22.0 Å². The summed E-state index contributed by atoms with van der Waals surface area (Å²) in [6.07, 6.45) is 0. The average molecular weight is 244 g/mol. The molecule has 0 unspecified atom stereocenters. The quantitative estimate of drug-likeness (QED) is 0.840. The summed E-state index contributed by atoms with van der Waals surface area (Å²) in [6.45, 7) is 2.58. The third-order valence-corrected chi connectivity index (χ3v) is 3.44. The topological polar surface area (TPSA) is 38.9 Å². The van der Waals surface area contributed by atoms with Crippen molar-refractivity contribution in [2.75, 3.05) is 0 Å². The van der Waals surface area contributed by atoms with Gasteiger partial charge in [-0.25, -0.2) is 4.98 Å². The molecule has 1 aromatic heterocycles. The number of benzene rings is 1. The summed E-state index contributed by atoms with van der Waals surface area (Å²) in [6, 6.07) is 14.5. The van der Waals surface area contributed by atoms with E-state index in [1.54, 1.807) is 11.8 Å². The van der Waals surface area contributed by atoms with Gasteiger partial charge in [0, 0.05) is 18.0 Å². The third-order valence-electron chi connectivity index (χ3n) is 2.45. The first-order valence-corrected chi connectivity index (χ1v) is 6.61. The molecule has 0 aliphatic rings. The Bertz CT molecular complexity index is 483. The maximum absolute atomic E-state index is 5.66. The van der Waals surface area contributed by atoms with E-state index in [0.29, 0.717) is 6.54 Å². The van der Waals surface area contributed by atoms with E-state index in [2.05, 4.69) is 35.3 Å². The van der Waals surface area contributed by atoms with Crippen molar-refractivity contribution in [2.45, 2.75) is 24.2 Å². The van der Waals surface area contributed by atoms with E-state index >= 15 is 0 Å². The summed E-state index contributed by atoms with van der Waals surface area (Å²) < 4.78 is 0. The Hall–Kier alpha value is -1.32. The number of rotatable bonds is 4. The van der Waals surface area contributed by atoms with Gasteiger partial charge in [-0.05, 0) is 30.2 Å². The van der Waals surface area contributed by atoms with Crippen molar-refractivity contribution < 1.29 is 0 Å². The van der Waals surface area contributed by atoms with Crippen LogP contribution in [0.3, 0.4) is 0 Å². The first kappa shape index (κ1) is 12.1. The van der Waals surface area contributed by atoms with E-state index in [1.165, 1.54) is 5.56 Å². The van der Waals surface area contributed by atoms with Crippen LogP contribution in [0.15, 0.2) is 47.5 Å². The molecule has 2 rings (SSSR count). The number of hydrogen-bond donors (Lipinski definition) is 1. The van der Waals surface area contributed by atoms with Crippen LogP contribution in [0, 0.1) is 6.92 Å². The second kappa shape index (κ2) is 5.84. The predicted octanol–water partition coefficient (Wildman–Crippen LogP) is 3.14. The molecular formula is C14H16N2S. The van der Waals surface area contributed by atoms with Gasteiger partial charge in [0.15, 0.2) is 0 Å². The summed E-state index contributed by atoms with van der Waals surface area (Å²) in [7, 11) is 0. The maximum atomic E-state index is 5.66. The fraction of sp³-hybridized carbons (Fsp3) is 0.214. The summed E-state index contributed by atoms with van der Waals surface area (Å²) >= 11 is 1.75. The zero-order valence-electron chi connectivity index (χ0n) is 9.89. The molecule has 0 saturated heterocycles. The summed E-state index contributed by atoms with van der Waals surface area (Å²) in [4.78, 5) is 4.50. The van der Waals surface area contributed by atoms with Gasteiger partial charge in [-0.15, -0.1) is 11.8 Å². The van der Waals surface area contributed by atoms with Gasteiger partial charge in [0.25, 0.3) is 0 Å².